The number of pyridine rings is 1. The van der Waals surface area contributed by atoms with Gasteiger partial charge in [0.05, 0.1) is 0 Å². The zero-order valence-electron chi connectivity index (χ0n) is 9.12. The Kier molecular flexibility index (Phi) is 3.47. The van der Waals surface area contributed by atoms with Crippen molar-refractivity contribution in [1.29, 1.82) is 0 Å². The predicted molar refractivity (Wildman–Crippen MR) is 60.2 cm³/mol. The molecule has 0 aliphatic rings. The second-order valence-corrected chi connectivity index (χ2v) is 4.57. The van der Waals surface area contributed by atoms with Gasteiger partial charge < -0.3 is 11.1 Å². The number of aromatic nitrogens is 1. The largest absolute Gasteiger partial charge is 0.368 e. The minimum atomic E-state index is 0.127. The van der Waals surface area contributed by atoms with Crippen LogP contribution in [0.15, 0.2) is 24.4 Å². The molecule has 3 nitrogen and oxygen atoms in total. The Labute approximate surface area is 85.7 Å². The molecule has 78 valence electrons. The summed E-state index contributed by atoms with van der Waals surface area (Å²) in [6, 6.07) is 5.92. The van der Waals surface area contributed by atoms with Gasteiger partial charge in [0.25, 0.3) is 0 Å². The van der Waals surface area contributed by atoms with Crippen LogP contribution in [-0.2, 0) is 0 Å². The molecule has 0 amide bonds. The third kappa shape index (κ3) is 3.34. The third-order valence-corrected chi connectivity index (χ3v) is 2.28. The van der Waals surface area contributed by atoms with Crippen molar-refractivity contribution in [3.63, 3.8) is 0 Å². The molecule has 0 aliphatic heterocycles. The van der Waals surface area contributed by atoms with E-state index in [-0.39, 0.29) is 11.5 Å². The van der Waals surface area contributed by atoms with Crippen LogP contribution in [0.25, 0.3) is 0 Å². The van der Waals surface area contributed by atoms with Crippen LogP contribution in [0.2, 0.25) is 0 Å². The Hall–Kier alpha value is -1.09. The van der Waals surface area contributed by atoms with E-state index < -0.39 is 0 Å². The smallest absolute Gasteiger partial charge is 0.125 e. The zero-order chi connectivity index (χ0) is 10.6. The van der Waals surface area contributed by atoms with Crippen LogP contribution in [0.3, 0.4) is 0 Å². The van der Waals surface area contributed by atoms with E-state index in [2.05, 4.69) is 31.1 Å². The van der Waals surface area contributed by atoms with Crippen LogP contribution in [0, 0.1) is 5.41 Å². The van der Waals surface area contributed by atoms with Crippen LogP contribution >= 0.6 is 0 Å². The lowest BCUT2D eigenvalue weighted by Crippen LogP contribution is -2.40. The van der Waals surface area contributed by atoms with Gasteiger partial charge in [-0.15, -0.1) is 0 Å². The average Bonchev–Trinajstić information content (AvgIpc) is 2.14. The average molecular weight is 193 g/mol. The Morgan fingerprint density at radius 3 is 2.64 bits per heavy atom. The van der Waals surface area contributed by atoms with Crippen LogP contribution in [0.4, 0.5) is 5.82 Å². The molecule has 1 heterocycles. The Morgan fingerprint density at radius 2 is 2.14 bits per heavy atom. The molecule has 0 spiro atoms. The molecule has 1 rings (SSSR count). The van der Waals surface area contributed by atoms with Crippen molar-refractivity contribution in [3.8, 4) is 0 Å². The number of hydrogen-bond donors (Lipinski definition) is 2. The first-order chi connectivity index (χ1) is 6.50. The van der Waals surface area contributed by atoms with Crippen molar-refractivity contribution in [3.05, 3.63) is 24.4 Å². The van der Waals surface area contributed by atoms with Crippen molar-refractivity contribution >= 4 is 5.82 Å². The fourth-order valence-electron chi connectivity index (χ4n) is 0.988. The van der Waals surface area contributed by atoms with Gasteiger partial charge in [-0.1, -0.05) is 26.8 Å². The van der Waals surface area contributed by atoms with E-state index in [1.54, 1.807) is 6.20 Å². The highest BCUT2D eigenvalue weighted by atomic mass is 15.0. The number of hydrogen-bond acceptors (Lipinski definition) is 3. The molecule has 3 heteroatoms. The van der Waals surface area contributed by atoms with Gasteiger partial charge in [-0.2, -0.15) is 0 Å². The minimum absolute atomic E-state index is 0.127. The fraction of sp³-hybridized carbons (Fsp3) is 0.545. The fourth-order valence-corrected chi connectivity index (χ4v) is 0.988. The maximum atomic E-state index is 6.01. The summed E-state index contributed by atoms with van der Waals surface area (Å²) in [5.41, 5.74) is 6.14. The SMILES string of the molecule is CC(C)(C)C(N)CNc1ccccn1. The number of nitrogens with two attached hydrogens (primary N) is 1. The normalized spacial score (nSPS) is 13.7. The lowest BCUT2D eigenvalue weighted by atomic mass is 9.87. The highest BCUT2D eigenvalue weighted by Crippen LogP contribution is 2.17. The second-order valence-electron chi connectivity index (χ2n) is 4.57. The van der Waals surface area contributed by atoms with Gasteiger partial charge >= 0.3 is 0 Å². The quantitative estimate of drug-likeness (QED) is 0.770. The third-order valence-electron chi connectivity index (χ3n) is 2.28. The molecular formula is C11H19N3. The van der Waals surface area contributed by atoms with Crippen LogP contribution in [-0.4, -0.2) is 17.6 Å². The van der Waals surface area contributed by atoms with Gasteiger partial charge in [-0.05, 0) is 17.5 Å². The highest BCUT2D eigenvalue weighted by Gasteiger charge is 2.19. The summed E-state index contributed by atoms with van der Waals surface area (Å²) < 4.78 is 0. The Morgan fingerprint density at radius 1 is 1.43 bits per heavy atom. The summed E-state index contributed by atoms with van der Waals surface area (Å²) >= 11 is 0. The number of nitrogens with one attached hydrogen (secondary N) is 1. The number of rotatable bonds is 3. The van der Waals surface area contributed by atoms with Crippen molar-refractivity contribution < 1.29 is 0 Å². The zero-order valence-corrected chi connectivity index (χ0v) is 9.12. The molecule has 0 saturated heterocycles. The minimum Gasteiger partial charge on any atom is -0.368 e. The first-order valence-corrected chi connectivity index (χ1v) is 4.90. The molecular weight excluding hydrogens is 174 g/mol. The van der Waals surface area contributed by atoms with E-state index in [0.717, 1.165) is 12.4 Å². The van der Waals surface area contributed by atoms with Crippen LogP contribution in [0.5, 0.6) is 0 Å². The van der Waals surface area contributed by atoms with Gasteiger partial charge in [0.2, 0.25) is 0 Å². The molecule has 3 N–H and O–H groups in total. The summed E-state index contributed by atoms with van der Waals surface area (Å²) in [4.78, 5) is 4.17. The van der Waals surface area contributed by atoms with E-state index in [0.29, 0.717) is 0 Å². The van der Waals surface area contributed by atoms with E-state index in [4.69, 9.17) is 5.73 Å². The highest BCUT2D eigenvalue weighted by molar-refractivity contribution is 5.33. The van der Waals surface area contributed by atoms with E-state index >= 15 is 0 Å². The van der Waals surface area contributed by atoms with Crippen molar-refractivity contribution in [2.24, 2.45) is 11.1 Å². The molecule has 0 aromatic carbocycles. The maximum Gasteiger partial charge on any atom is 0.125 e. The van der Waals surface area contributed by atoms with Gasteiger partial charge in [0.1, 0.15) is 5.82 Å². The topological polar surface area (TPSA) is 50.9 Å². The summed E-state index contributed by atoms with van der Waals surface area (Å²) in [5, 5.41) is 3.21. The first kappa shape index (κ1) is 11.0. The molecule has 0 saturated carbocycles. The lowest BCUT2D eigenvalue weighted by Gasteiger charge is -2.27. The summed E-state index contributed by atoms with van der Waals surface area (Å²) in [6.45, 7) is 7.16. The van der Waals surface area contributed by atoms with Gasteiger partial charge in [-0.25, -0.2) is 4.98 Å². The first-order valence-electron chi connectivity index (χ1n) is 4.90. The Balaban J connectivity index is 2.42. The van der Waals surface area contributed by atoms with Crippen molar-refractivity contribution in [2.75, 3.05) is 11.9 Å². The van der Waals surface area contributed by atoms with Gasteiger partial charge in [0.15, 0.2) is 0 Å². The standard InChI is InChI=1S/C11H19N3/c1-11(2,3)9(12)8-14-10-6-4-5-7-13-10/h4-7,9H,8,12H2,1-3H3,(H,13,14). The van der Waals surface area contributed by atoms with Crippen molar-refractivity contribution in [2.45, 2.75) is 26.8 Å². The van der Waals surface area contributed by atoms with E-state index in [1.807, 2.05) is 18.2 Å². The van der Waals surface area contributed by atoms with E-state index in [1.165, 1.54) is 0 Å². The molecule has 1 atom stereocenters. The van der Waals surface area contributed by atoms with E-state index in [9.17, 15) is 0 Å². The monoisotopic (exact) mass is 193 g/mol. The molecule has 1 aromatic heterocycles. The van der Waals surface area contributed by atoms with Crippen molar-refractivity contribution in [1.82, 2.24) is 4.98 Å². The molecule has 1 unspecified atom stereocenters. The molecule has 0 bridgehead atoms. The number of nitrogens with zero attached hydrogens (tertiary/aromatic N) is 1. The molecule has 0 fully saturated rings. The maximum absolute atomic E-state index is 6.01. The molecule has 0 radical (unpaired) electrons. The van der Waals surface area contributed by atoms with Crippen LogP contribution < -0.4 is 11.1 Å². The van der Waals surface area contributed by atoms with Gasteiger partial charge in [-0.3, -0.25) is 0 Å². The summed E-state index contributed by atoms with van der Waals surface area (Å²) in [7, 11) is 0. The predicted octanol–water partition coefficient (Wildman–Crippen LogP) is 1.87. The van der Waals surface area contributed by atoms with Gasteiger partial charge in [0, 0.05) is 18.8 Å². The summed E-state index contributed by atoms with van der Waals surface area (Å²) in [5.74, 6) is 0.882. The lowest BCUT2D eigenvalue weighted by molar-refractivity contribution is 0.331. The molecule has 14 heavy (non-hydrogen) atoms. The number of anilines is 1. The summed E-state index contributed by atoms with van der Waals surface area (Å²) in [6.07, 6.45) is 1.77. The molecule has 1 aromatic rings. The molecule has 0 aliphatic carbocycles. The van der Waals surface area contributed by atoms with Crippen LogP contribution in [0.1, 0.15) is 20.8 Å². The Bertz CT molecular complexity index is 264. The second kappa shape index (κ2) is 4.42.